The van der Waals surface area contributed by atoms with E-state index in [9.17, 15) is 0 Å². The van der Waals surface area contributed by atoms with Crippen molar-refractivity contribution in [3.8, 4) is 0 Å². The van der Waals surface area contributed by atoms with Gasteiger partial charge in [0.1, 0.15) is 0 Å². The molecule has 0 aliphatic carbocycles. The molecule has 5 heteroatoms. The lowest BCUT2D eigenvalue weighted by Crippen LogP contribution is -2.42. The van der Waals surface area contributed by atoms with Crippen LogP contribution in [0.2, 0.25) is 0 Å². The van der Waals surface area contributed by atoms with Crippen molar-refractivity contribution in [2.45, 2.75) is 19.9 Å². The average molecular weight is 272 g/mol. The molecule has 1 aliphatic rings. The summed E-state index contributed by atoms with van der Waals surface area (Å²) in [5.41, 5.74) is 2.48. The molecule has 1 N–H and O–H groups in total. The van der Waals surface area contributed by atoms with Gasteiger partial charge in [-0.05, 0) is 12.5 Å². The Labute approximate surface area is 119 Å². The Balaban J connectivity index is 1.61. The molecule has 106 valence electrons. The first-order valence-electron chi connectivity index (χ1n) is 7.10. The van der Waals surface area contributed by atoms with Crippen molar-refractivity contribution in [2.75, 3.05) is 26.2 Å². The summed E-state index contributed by atoms with van der Waals surface area (Å²) in [6.07, 6.45) is 0.729. The first-order chi connectivity index (χ1) is 9.79. The molecule has 0 spiro atoms. The van der Waals surface area contributed by atoms with Crippen molar-refractivity contribution in [1.82, 2.24) is 20.4 Å². The molecule has 1 aromatic carbocycles. The van der Waals surface area contributed by atoms with Crippen molar-refractivity contribution < 1.29 is 4.52 Å². The van der Waals surface area contributed by atoms with Gasteiger partial charge in [-0.15, -0.1) is 0 Å². The Bertz CT molecular complexity index is 561. The Morgan fingerprint density at radius 2 is 2.15 bits per heavy atom. The van der Waals surface area contributed by atoms with E-state index in [-0.39, 0.29) is 0 Å². The molecule has 2 heterocycles. The smallest absolute Gasteiger partial charge is 0.240 e. The van der Waals surface area contributed by atoms with Crippen molar-refractivity contribution in [1.29, 1.82) is 0 Å². The van der Waals surface area contributed by atoms with Gasteiger partial charge >= 0.3 is 0 Å². The van der Waals surface area contributed by atoms with Crippen LogP contribution in [0.1, 0.15) is 22.8 Å². The first kappa shape index (κ1) is 13.3. The molecule has 1 aromatic heterocycles. The summed E-state index contributed by atoms with van der Waals surface area (Å²) in [4.78, 5) is 6.82. The number of hydrogen-bond donors (Lipinski definition) is 1. The summed E-state index contributed by atoms with van der Waals surface area (Å²) in [6.45, 7) is 6.98. The molecule has 0 saturated carbocycles. The van der Waals surface area contributed by atoms with E-state index in [0.29, 0.717) is 0 Å². The van der Waals surface area contributed by atoms with E-state index in [1.165, 1.54) is 11.1 Å². The van der Waals surface area contributed by atoms with Gasteiger partial charge in [0.15, 0.2) is 5.82 Å². The zero-order chi connectivity index (χ0) is 13.8. The standard InChI is InChI=1S/C15H20N4O/c1-12-3-2-4-13(9-12)10-14-17-15(20-18-14)11-19-7-5-16-6-8-19/h2-4,9,16H,5-8,10-11H2,1H3. The zero-order valence-electron chi connectivity index (χ0n) is 11.8. The molecule has 0 atom stereocenters. The van der Waals surface area contributed by atoms with E-state index in [1.807, 2.05) is 0 Å². The van der Waals surface area contributed by atoms with Gasteiger partial charge in [0.05, 0.1) is 6.54 Å². The fourth-order valence-corrected chi connectivity index (χ4v) is 2.49. The molecule has 0 amide bonds. The van der Waals surface area contributed by atoms with E-state index in [2.05, 4.69) is 51.5 Å². The highest BCUT2D eigenvalue weighted by molar-refractivity contribution is 5.24. The van der Waals surface area contributed by atoms with Crippen molar-refractivity contribution >= 4 is 0 Å². The molecule has 5 nitrogen and oxygen atoms in total. The summed E-state index contributed by atoms with van der Waals surface area (Å²) < 4.78 is 5.35. The van der Waals surface area contributed by atoms with E-state index < -0.39 is 0 Å². The van der Waals surface area contributed by atoms with Gasteiger partial charge in [-0.1, -0.05) is 35.0 Å². The molecule has 3 rings (SSSR count). The Morgan fingerprint density at radius 3 is 2.95 bits per heavy atom. The van der Waals surface area contributed by atoms with Gasteiger partial charge in [0, 0.05) is 32.6 Å². The van der Waals surface area contributed by atoms with Crippen LogP contribution in [0, 0.1) is 6.92 Å². The van der Waals surface area contributed by atoms with Crippen LogP contribution in [-0.2, 0) is 13.0 Å². The molecular formula is C15H20N4O. The Morgan fingerprint density at radius 1 is 1.30 bits per heavy atom. The van der Waals surface area contributed by atoms with Crippen LogP contribution in [0.3, 0.4) is 0 Å². The molecule has 0 bridgehead atoms. The number of benzene rings is 1. The Kier molecular flexibility index (Phi) is 4.08. The highest BCUT2D eigenvalue weighted by atomic mass is 16.5. The maximum atomic E-state index is 5.35. The van der Waals surface area contributed by atoms with Gasteiger partial charge in [-0.25, -0.2) is 0 Å². The molecule has 1 saturated heterocycles. The first-order valence-corrected chi connectivity index (χ1v) is 7.10. The van der Waals surface area contributed by atoms with E-state index >= 15 is 0 Å². The number of aromatic nitrogens is 2. The normalized spacial score (nSPS) is 16.4. The minimum absolute atomic E-state index is 0.717. The third kappa shape index (κ3) is 3.43. The molecule has 1 aliphatic heterocycles. The fraction of sp³-hybridized carbons (Fsp3) is 0.467. The number of nitrogens with one attached hydrogen (secondary N) is 1. The molecular weight excluding hydrogens is 252 g/mol. The zero-order valence-corrected chi connectivity index (χ0v) is 11.8. The van der Waals surface area contributed by atoms with E-state index in [4.69, 9.17) is 4.52 Å². The SMILES string of the molecule is Cc1cccc(Cc2noc(CN3CCNCC3)n2)c1. The largest absolute Gasteiger partial charge is 0.338 e. The lowest BCUT2D eigenvalue weighted by Gasteiger charge is -2.25. The maximum Gasteiger partial charge on any atom is 0.240 e. The van der Waals surface area contributed by atoms with E-state index in [1.54, 1.807) is 0 Å². The Hall–Kier alpha value is -1.72. The van der Waals surface area contributed by atoms with Gasteiger partial charge < -0.3 is 9.84 Å². The number of rotatable bonds is 4. The van der Waals surface area contributed by atoms with Crippen LogP contribution in [-0.4, -0.2) is 41.2 Å². The topological polar surface area (TPSA) is 54.2 Å². The summed E-state index contributed by atoms with van der Waals surface area (Å²) in [6, 6.07) is 8.41. The van der Waals surface area contributed by atoms with Crippen LogP contribution >= 0.6 is 0 Å². The van der Waals surface area contributed by atoms with Crippen LogP contribution in [0.5, 0.6) is 0 Å². The van der Waals surface area contributed by atoms with Crippen molar-refractivity contribution in [3.63, 3.8) is 0 Å². The third-order valence-corrected chi connectivity index (χ3v) is 3.52. The van der Waals surface area contributed by atoms with Gasteiger partial charge in [-0.2, -0.15) is 4.98 Å². The number of piperazine rings is 1. The molecule has 0 unspecified atom stereocenters. The minimum atomic E-state index is 0.717. The molecule has 0 radical (unpaired) electrons. The van der Waals surface area contributed by atoms with E-state index in [0.717, 1.165) is 50.9 Å². The highest BCUT2D eigenvalue weighted by Gasteiger charge is 2.14. The van der Waals surface area contributed by atoms with Crippen LogP contribution in [0.25, 0.3) is 0 Å². The predicted octanol–water partition coefficient (Wildman–Crippen LogP) is 1.37. The fourth-order valence-electron chi connectivity index (χ4n) is 2.49. The predicted molar refractivity (Wildman–Crippen MR) is 76.4 cm³/mol. The monoisotopic (exact) mass is 272 g/mol. The summed E-state index contributed by atoms with van der Waals surface area (Å²) in [5, 5.41) is 7.41. The summed E-state index contributed by atoms with van der Waals surface area (Å²) >= 11 is 0. The molecule has 20 heavy (non-hydrogen) atoms. The van der Waals surface area contributed by atoms with Crippen molar-refractivity contribution in [3.05, 3.63) is 47.1 Å². The lowest BCUT2D eigenvalue weighted by molar-refractivity contribution is 0.203. The summed E-state index contributed by atoms with van der Waals surface area (Å²) in [7, 11) is 0. The number of nitrogens with zero attached hydrogens (tertiary/aromatic N) is 3. The van der Waals surface area contributed by atoms with Crippen LogP contribution < -0.4 is 5.32 Å². The highest BCUT2D eigenvalue weighted by Crippen LogP contribution is 2.10. The second-order valence-corrected chi connectivity index (χ2v) is 5.30. The van der Waals surface area contributed by atoms with Crippen LogP contribution in [0.4, 0.5) is 0 Å². The number of aryl methyl sites for hydroxylation is 1. The minimum Gasteiger partial charge on any atom is -0.338 e. The lowest BCUT2D eigenvalue weighted by atomic mass is 10.1. The third-order valence-electron chi connectivity index (χ3n) is 3.52. The second kappa shape index (κ2) is 6.15. The maximum absolute atomic E-state index is 5.35. The van der Waals surface area contributed by atoms with Gasteiger partial charge in [0.25, 0.3) is 0 Å². The second-order valence-electron chi connectivity index (χ2n) is 5.30. The van der Waals surface area contributed by atoms with Crippen molar-refractivity contribution in [2.24, 2.45) is 0 Å². The average Bonchev–Trinajstić information content (AvgIpc) is 2.87. The molecule has 1 fully saturated rings. The van der Waals surface area contributed by atoms with Gasteiger partial charge in [0.2, 0.25) is 5.89 Å². The summed E-state index contributed by atoms with van der Waals surface area (Å²) in [5.74, 6) is 1.48. The quantitative estimate of drug-likeness (QED) is 0.911. The number of hydrogen-bond acceptors (Lipinski definition) is 5. The van der Waals surface area contributed by atoms with Crippen LogP contribution in [0.15, 0.2) is 28.8 Å². The van der Waals surface area contributed by atoms with Gasteiger partial charge in [-0.3, -0.25) is 4.90 Å². The molecule has 2 aromatic rings.